The molecule has 4 nitrogen and oxygen atoms in total. The summed E-state index contributed by atoms with van der Waals surface area (Å²) >= 11 is 0. The summed E-state index contributed by atoms with van der Waals surface area (Å²) in [5, 5.41) is 15.4. The van der Waals surface area contributed by atoms with Crippen LogP contribution < -0.4 is 10.1 Å². The molecular formula is C25H22N2O2. The van der Waals surface area contributed by atoms with E-state index in [9.17, 15) is 5.11 Å². The molecule has 0 fully saturated rings. The quantitative estimate of drug-likeness (QED) is 0.383. The predicted octanol–water partition coefficient (Wildman–Crippen LogP) is 6.32. The van der Waals surface area contributed by atoms with Gasteiger partial charge in [-0.1, -0.05) is 60.7 Å². The average Bonchev–Trinajstić information content (AvgIpc) is 2.77. The molecule has 4 aromatic rings. The van der Waals surface area contributed by atoms with Gasteiger partial charge in [0.05, 0.1) is 5.69 Å². The van der Waals surface area contributed by atoms with E-state index in [0.29, 0.717) is 12.1 Å². The SMILES string of the molecule is CNc1ccccc1Oc1ccccc1C/C=N\c1c(O)ccc2ccccc12. The van der Waals surface area contributed by atoms with E-state index >= 15 is 0 Å². The Balaban J connectivity index is 1.60. The van der Waals surface area contributed by atoms with Crippen molar-refractivity contribution in [3.8, 4) is 17.2 Å². The summed E-state index contributed by atoms with van der Waals surface area (Å²) in [7, 11) is 1.87. The molecule has 0 aliphatic heterocycles. The lowest BCUT2D eigenvalue weighted by Crippen LogP contribution is -1.96. The van der Waals surface area contributed by atoms with Gasteiger partial charge in [0.15, 0.2) is 5.75 Å². The van der Waals surface area contributed by atoms with Gasteiger partial charge in [-0.05, 0) is 29.7 Å². The highest BCUT2D eigenvalue weighted by Crippen LogP contribution is 2.35. The molecule has 0 spiro atoms. The van der Waals surface area contributed by atoms with Crippen LogP contribution in [0.4, 0.5) is 11.4 Å². The number of rotatable bonds is 6. The zero-order chi connectivity index (χ0) is 20.1. The maximum absolute atomic E-state index is 10.3. The number of aliphatic imine (C=N–C) groups is 1. The van der Waals surface area contributed by atoms with Gasteiger partial charge in [0.1, 0.15) is 17.2 Å². The molecule has 0 aliphatic rings. The van der Waals surface area contributed by atoms with Crippen molar-refractivity contribution >= 4 is 28.4 Å². The van der Waals surface area contributed by atoms with E-state index in [0.717, 1.165) is 33.5 Å². The van der Waals surface area contributed by atoms with Gasteiger partial charge in [-0.15, -0.1) is 0 Å². The van der Waals surface area contributed by atoms with Gasteiger partial charge >= 0.3 is 0 Å². The molecule has 0 amide bonds. The van der Waals surface area contributed by atoms with E-state index in [2.05, 4.69) is 10.3 Å². The van der Waals surface area contributed by atoms with Gasteiger partial charge in [-0.3, -0.25) is 4.99 Å². The summed E-state index contributed by atoms with van der Waals surface area (Å²) in [5.41, 5.74) is 2.53. The highest BCUT2D eigenvalue weighted by atomic mass is 16.5. The summed E-state index contributed by atoms with van der Waals surface area (Å²) in [6, 6.07) is 27.2. The number of hydrogen-bond donors (Lipinski definition) is 2. The van der Waals surface area contributed by atoms with Crippen LogP contribution in [-0.2, 0) is 6.42 Å². The molecule has 4 heteroatoms. The van der Waals surface area contributed by atoms with Crippen molar-refractivity contribution in [3.63, 3.8) is 0 Å². The predicted molar refractivity (Wildman–Crippen MR) is 120 cm³/mol. The fourth-order valence-electron chi connectivity index (χ4n) is 3.27. The first-order chi connectivity index (χ1) is 14.3. The van der Waals surface area contributed by atoms with Gasteiger partial charge in [-0.25, -0.2) is 0 Å². The highest BCUT2D eigenvalue weighted by molar-refractivity contribution is 5.96. The van der Waals surface area contributed by atoms with E-state index in [1.165, 1.54) is 0 Å². The summed E-state index contributed by atoms with van der Waals surface area (Å²) in [6.07, 6.45) is 2.40. The van der Waals surface area contributed by atoms with E-state index < -0.39 is 0 Å². The number of hydrogen-bond acceptors (Lipinski definition) is 4. The van der Waals surface area contributed by atoms with Crippen LogP contribution in [0.5, 0.6) is 17.2 Å². The Morgan fingerprint density at radius 3 is 2.45 bits per heavy atom. The molecule has 0 aliphatic carbocycles. The van der Waals surface area contributed by atoms with Crippen LogP contribution in [0.25, 0.3) is 10.8 Å². The molecule has 0 radical (unpaired) electrons. The van der Waals surface area contributed by atoms with Crippen molar-refractivity contribution in [2.24, 2.45) is 4.99 Å². The van der Waals surface area contributed by atoms with E-state index in [-0.39, 0.29) is 5.75 Å². The van der Waals surface area contributed by atoms with Gasteiger partial charge in [-0.2, -0.15) is 0 Å². The number of nitrogens with one attached hydrogen (secondary N) is 1. The molecule has 0 saturated heterocycles. The Bertz CT molecular complexity index is 1170. The van der Waals surface area contributed by atoms with Crippen molar-refractivity contribution in [1.29, 1.82) is 0 Å². The average molecular weight is 382 g/mol. The van der Waals surface area contributed by atoms with Crippen LogP contribution in [-0.4, -0.2) is 18.4 Å². The van der Waals surface area contributed by atoms with Crippen LogP contribution in [0.1, 0.15) is 5.56 Å². The monoisotopic (exact) mass is 382 g/mol. The number of nitrogens with zero attached hydrogens (tertiary/aromatic N) is 1. The molecule has 4 aromatic carbocycles. The lowest BCUT2D eigenvalue weighted by molar-refractivity contribution is 0.477. The lowest BCUT2D eigenvalue weighted by atomic mass is 10.1. The number of benzene rings is 4. The molecule has 0 saturated carbocycles. The number of phenolic OH excluding ortho intramolecular Hbond substituents is 1. The fourth-order valence-corrected chi connectivity index (χ4v) is 3.27. The Morgan fingerprint density at radius 2 is 1.59 bits per heavy atom. The minimum absolute atomic E-state index is 0.174. The Morgan fingerprint density at radius 1 is 0.862 bits per heavy atom. The van der Waals surface area contributed by atoms with Crippen molar-refractivity contribution in [2.75, 3.05) is 12.4 Å². The van der Waals surface area contributed by atoms with Gasteiger partial charge < -0.3 is 15.2 Å². The summed E-state index contributed by atoms with van der Waals surface area (Å²) < 4.78 is 6.15. The van der Waals surface area contributed by atoms with Crippen LogP contribution in [0.3, 0.4) is 0 Å². The third kappa shape index (κ3) is 4.06. The third-order valence-electron chi connectivity index (χ3n) is 4.76. The normalized spacial score (nSPS) is 11.1. The number of anilines is 1. The van der Waals surface area contributed by atoms with Crippen LogP contribution in [0.2, 0.25) is 0 Å². The minimum Gasteiger partial charge on any atom is -0.506 e. The molecule has 0 atom stereocenters. The zero-order valence-electron chi connectivity index (χ0n) is 16.2. The molecule has 0 aromatic heterocycles. The van der Waals surface area contributed by atoms with Crippen molar-refractivity contribution < 1.29 is 9.84 Å². The Labute approximate surface area is 170 Å². The highest BCUT2D eigenvalue weighted by Gasteiger charge is 2.08. The first-order valence-electron chi connectivity index (χ1n) is 9.52. The smallest absolute Gasteiger partial charge is 0.150 e. The van der Waals surface area contributed by atoms with Gasteiger partial charge in [0.25, 0.3) is 0 Å². The summed E-state index contributed by atoms with van der Waals surface area (Å²) in [4.78, 5) is 4.57. The zero-order valence-corrected chi connectivity index (χ0v) is 16.2. The molecule has 4 rings (SSSR count). The van der Waals surface area contributed by atoms with Crippen molar-refractivity contribution in [1.82, 2.24) is 0 Å². The first kappa shape index (κ1) is 18.6. The number of fused-ring (bicyclic) bond motifs is 1. The number of aromatic hydroxyl groups is 1. The Hall–Kier alpha value is -3.79. The number of phenols is 1. The molecule has 29 heavy (non-hydrogen) atoms. The maximum Gasteiger partial charge on any atom is 0.150 e. The largest absolute Gasteiger partial charge is 0.506 e. The molecule has 144 valence electrons. The number of para-hydroxylation sites is 3. The standard InChI is InChI=1S/C25H22N2O2/c1-26-21-11-5-7-13-24(21)29-23-12-6-3-9-19(23)16-17-27-25-20-10-4-2-8-18(20)14-15-22(25)28/h2-15,17,26,28H,16H2,1H3/b27-17-. The molecule has 0 unspecified atom stereocenters. The fraction of sp³-hybridized carbons (Fsp3) is 0.0800. The van der Waals surface area contributed by atoms with Crippen molar-refractivity contribution in [2.45, 2.75) is 6.42 Å². The minimum atomic E-state index is 0.174. The molecule has 2 N–H and O–H groups in total. The molecule has 0 bridgehead atoms. The van der Waals surface area contributed by atoms with Crippen LogP contribution in [0.15, 0.2) is 89.9 Å². The summed E-state index contributed by atoms with van der Waals surface area (Å²) in [6.45, 7) is 0. The van der Waals surface area contributed by atoms with E-state index in [4.69, 9.17) is 4.74 Å². The molecular weight excluding hydrogens is 360 g/mol. The first-order valence-corrected chi connectivity index (χ1v) is 9.52. The Kier molecular flexibility index (Phi) is 5.43. The van der Waals surface area contributed by atoms with Gasteiger partial charge in [0.2, 0.25) is 0 Å². The second-order valence-electron chi connectivity index (χ2n) is 6.63. The summed E-state index contributed by atoms with van der Waals surface area (Å²) in [5.74, 6) is 1.72. The van der Waals surface area contributed by atoms with Crippen LogP contribution >= 0.6 is 0 Å². The second-order valence-corrected chi connectivity index (χ2v) is 6.63. The van der Waals surface area contributed by atoms with Gasteiger partial charge in [0, 0.05) is 30.6 Å². The van der Waals surface area contributed by atoms with E-state index in [1.54, 1.807) is 6.07 Å². The van der Waals surface area contributed by atoms with Crippen LogP contribution in [0, 0.1) is 0 Å². The van der Waals surface area contributed by atoms with E-state index in [1.807, 2.05) is 92.1 Å². The number of ether oxygens (including phenoxy) is 1. The third-order valence-corrected chi connectivity index (χ3v) is 4.76. The molecule has 0 heterocycles. The lowest BCUT2D eigenvalue weighted by Gasteiger charge is -2.13. The second kappa shape index (κ2) is 8.48. The maximum atomic E-state index is 10.3. The van der Waals surface area contributed by atoms with Crippen molar-refractivity contribution in [3.05, 3.63) is 90.5 Å². The topological polar surface area (TPSA) is 53.8 Å².